The Balaban J connectivity index is 1.81. The fourth-order valence-electron chi connectivity index (χ4n) is 4.92. The number of carbonyl (C=O) groups excluding carboxylic acids is 1. The summed E-state index contributed by atoms with van der Waals surface area (Å²) < 4.78 is 27.4. The Bertz CT molecular complexity index is 1270. The van der Waals surface area contributed by atoms with Crippen LogP contribution in [0.3, 0.4) is 0 Å². The Labute approximate surface area is 250 Å². The van der Waals surface area contributed by atoms with Crippen molar-refractivity contribution in [1.82, 2.24) is 0 Å². The zero-order valence-electron chi connectivity index (χ0n) is 25.3. The van der Waals surface area contributed by atoms with E-state index < -0.39 is 17.7 Å². The molecule has 226 valence electrons. The molecule has 6 heteroatoms. The van der Waals surface area contributed by atoms with Gasteiger partial charge >= 0.3 is 11.9 Å². The van der Waals surface area contributed by atoms with Gasteiger partial charge in [-0.05, 0) is 66.3 Å². The van der Waals surface area contributed by atoms with Crippen LogP contribution in [0.15, 0.2) is 60.7 Å². The minimum Gasteiger partial charge on any atom is -0.490 e. The first-order valence-electron chi connectivity index (χ1n) is 15.4. The maximum absolute atomic E-state index is 16.1. The number of carboxylic acids is 1. The van der Waals surface area contributed by atoms with E-state index in [1.807, 2.05) is 25.1 Å². The van der Waals surface area contributed by atoms with E-state index in [1.165, 1.54) is 44.2 Å². The number of hydrogen-bond donors (Lipinski definition) is 1. The summed E-state index contributed by atoms with van der Waals surface area (Å²) >= 11 is 0. The normalized spacial score (nSPS) is 11.7. The smallest absolute Gasteiger partial charge is 0.335 e. The van der Waals surface area contributed by atoms with Crippen molar-refractivity contribution < 1.29 is 28.6 Å². The number of unbranched alkanes of at least 4 members (excludes halogenated alkanes) is 8. The zero-order chi connectivity index (χ0) is 30.3. The largest absolute Gasteiger partial charge is 0.490 e. The molecule has 3 rings (SSSR count). The van der Waals surface area contributed by atoms with E-state index in [0.29, 0.717) is 35.5 Å². The Morgan fingerprint density at radius 3 is 1.95 bits per heavy atom. The predicted octanol–water partition coefficient (Wildman–Crippen LogP) is 9.82. The molecule has 3 aromatic carbocycles. The first kappa shape index (κ1) is 32.8. The van der Waals surface area contributed by atoms with Crippen LogP contribution in [-0.2, 0) is 9.53 Å². The molecule has 0 unspecified atom stereocenters. The number of benzene rings is 3. The summed E-state index contributed by atoms with van der Waals surface area (Å²) in [7, 11) is 0. The van der Waals surface area contributed by atoms with Crippen molar-refractivity contribution in [3.8, 4) is 28.0 Å². The summed E-state index contributed by atoms with van der Waals surface area (Å²) in [5.41, 5.74) is 3.28. The van der Waals surface area contributed by atoms with Gasteiger partial charge in [0.05, 0.1) is 24.7 Å². The van der Waals surface area contributed by atoms with Gasteiger partial charge in [-0.2, -0.15) is 0 Å². The van der Waals surface area contributed by atoms with Crippen LogP contribution < -0.4 is 4.74 Å². The average molecular weight is 577 g/mol. The van der Waals surface area contributed by atoms with Gasteiger partial charge in [-0.1, -0.05) is 102 Å². The monoisotopic (exact) mass is 576 g/mol. The molecular formula is C36H45FO5. The highest BCUT2D eigenvalue weighted by Gasteiger charge is 2.20. The van der Waals surface area contributed by atoms with Crippen molar-refractivity contribution in [1.29, 1.82) is 0 Å². The standard InChI is InChI=1S/C36H45FO5/c1-4-6-8-9-10-11-12-13-25-41-32-23-22-31(28-16-20-30(21-17-28)35(38)39)33(34(32)37)29-18-14-27(15-19-29)26(3)36(40)42-24-7-5-2/h14-23,26H,4-13,24-25H2,1-3H3,(H,38,39)/t26-/m0/s1. The van der Waals surface area contributed by atoms with Crippen LogP contribution in [0.5, 0.6) is 5.75 Å². The SMILES string of the molecule is CCCCCCCCCCOc1ccc(-c2ccc(C(=O)O)cc2)c(-c2ccc([C@H](C)C(=O)OCCCC)cc2)c1F. The lowest BCUT2D eigenvalue weighted by Gasteiger charge is -2.17. The zero-order valence-corrected chi connectivity index (χ0v) is 25.3. The minimum atomic E-state index is -1.02. The summed E-state index contributed by atoms with van der Waals surface area (Å²) in [4.78, 5) is 23.8. The number of halogens is 1. The van der Waals surface area contributed by atoms with Crippen LogP contribution in [0.2, 0.25) is 0 Å². The van der Waals surface area contributed by atoms with Gasteiger partial charge in [0.1, 0.15) is 0 Å². The maximum atomic E-state index is 16.1. The van der Waals surface area contributed by atoms with Crippen LogP contribution in [0.1, 0.15) is 107 Å². The summed E-state index contributed by atoms with van der Waals surface area (Å²) in [6.07, 6.45) is 11.1. The second-order valence-corrected chi connectivity index (χ2v) is 10.9. The van der Waals surface area contributed by atoms with Crippen molar-refractivity contribution in [2.75, 3.05) is 13.2 Å². The Kier molecular flexibility index (Phi) is 13.5. The molecule has 42 heavy (non-hydrogen) atoms. The van der Waals surface area contributed by atoms with E-state index in [4.69, 9.17) is 9.47 Å². The second kappa shape index (κ2) is 17.3. The minimum absolute atomic E-state index is 0.162. The summed E-state index contributed by atoms with van der Waals surface area (Å²) in [5, 5.41) is 9.30. The number of aromatic carboxylic acids is 1. The molecule has 1 atom stereocenters. The summed E-state index contributed by atoms with van der Waals surface area (Å²) in [5.74, 6) is -2.01. The van der Waals surface area contributed by atoms with Crippen molar-refractivity contribution in [2.45, 2.75) is 90.9 Å². The lowest BCUT2D eigenvalue weighted by Crippen LogP contribution is -2.13. The van der Waals surface area contributed by atoms with E-state index in [-0.39, 0.29) is 17.3 Å². The quantitative estimate of drug-likeness (QED) is 0.121. The van der Waals surface area contributed by atoms with Crippen LogP contribution in [-0.4, -0.2) is 30.3 Å². The van der Waals surface area contributed by atoms with Crippen LogP contribution in [0.25, 0.3) is 22.3 Å². The Morgan fingerprint density at radius 2 is 1.33 bits per heavy atom. The molecule has 0 saturated carbocycles. The number of carboxylic acid groups (broad SMARTS) is 1. The maximum Gasteiger partial charge on any atom is 0.335 e. The predicted molar refractivity (Wildman–Crippen MR) is 167 cm³/mol. The van der Waals surface area contributed by atoms with E-state index in [0.717, 1.165) is 37.7 Å². The molecule has 0 aliphatic carbocycles. The third-order valence-corrected chi connectivity index (χ3v) is 7.60. The van der Waals surface area contributed by atoms with Gasteiger partial charge in [-0.3, -0.25) is 4.79 Å². The van der Waals surface area contributed by atoms with Crippen LogP contribution in [0, 0.1) is 5.82 Å². The first-order valence-corrected chi connectivity index (χ1v) is 15.4. The van der Waals surface area contributed by atoms with Gasteiger partial charge < -0.3 is 14.6 Å². The lowest BCUT2D eigenvalue weighted by molar-refractivity contribution is -0.145. The molecule has 0 heterocycles. The van der Waals surface area contributed by atoms with E-state index >= 15 is 4.39 Å². The lowest BCUT2D eigenvalue weighted by atomic mass is 9.91. The van der Waals surface area contributed by atoms with Gasteiger partial charge in [-0.25, -0.2) is 9.18 Å². The van der Waals surface area contributed by atoms with Gasteiger partial charge in [0.25, 0.3) is 0 Å². The van der Waals surface area contributed by atoms with E-state index in [9.17, 15) is 14.7 Å². The van der Waals surface area contributed by atoms with E-state index in [1.54, 1.807) is 37.3 Å². The highest BCUT2D eigenvalue weighted by molar-refractivity contribution is 5.90. The molecule has 0 amide bonds. The summed E-state index contributed by atoms with van der Waals surface area (Å²) in [6.45, 7) is 6.90. The number of esters is 1. The van der Waals surface area contributed by atoms with Gasteiger partial charge in [0.15, 0.2) is 11.6 Å². The molecule has 0 aliphatic rings. The van der Waals surface area contributed by atoms with Gasteiger partial charge in [0, 0.05) is 5.56 Å². The van der Waals surface area contributed by atoms with Crippen LogP contribution in [0.4, 0.5) is 4.39 Å². The molecule has 0 aromatic heterocycles. The third kappa shape index (κ3) is 9.43. The average Bonchev–Trinajstić information content (AvgIpc) is 3.00. The van der Waals surface area contributed by atoms with Crippen LogP contribution >= 0.6 is 0 Å². The van der Waals surface area contributed by atoms with Gasteiger partial charge in [-0.15, -0.1) is 0 Å². The number of carbonyl (C=O) groups is 2. The number of rotatable bonds is 18. The topological polar surface area (TPSA) is 72.8 Å². The highest BCUT2D eigenvalue weighted by atomic mass is 19.1. The third-order valence-electron chi connectivity index (χ3n) is 7.60. The summed E-state index contributed by atoms with van der Waals surface area (Å²) in [6, 6.07) is 17.1. The molecule has 0 bridgehead atoms. The molecule has 0 radical (unpaired) electrons. The second-order valence-electron chi connectivity index (χ2n) is 10.9. The Morgan fingerprint density at radius 1 is 0.738 bits per heavy atom. The van der Waals surface area contributed by atoms with Gasteiger partial charge in [0.2, 0.25) is 0 Å². The molecule has 5 nitrogen and oxygen atoms in total. The highest BCUT2D eigenvalue weighted by Crippen LogP contribution is 2.39. The molecular weight excluding hydrogens is 531 g/mol. The fourth-order valence-corrected chi connectivity index (χ4v) is 4.92. The molecule has 0 spiro atoms. The van der Waals surface area contributed by atoms with E-state index in [2.05, 4.69) is 6.92 Å². The van der Waals surface area contributed by atoms with Crippen molar-refractivity contribution >= 4 is 11.9 Å². The number of ether oxygens (including phenoxy) is 2. The first-order chi connectivity index (χ1) is 20.4. The Hall–Kier alpha value is -3.67. The molecule has 0 fully saturated rings. The van der Waals surface area contributed by atoms with Crippen molar-refractivity contribution in [3.63, 3.8) is 0 Å². The van der Waals surface area contributed by atoms with Crippen molar-refractivity contribution in [3.05, 3.63) is 77.6 Å². The molecule has 0 saturated heterocycles. The number of hydrogen-bond acceptors (Lipinski definition) is 4. The molecule has 1 N–H and O–H groups in total. The fraction of sp³-hybridized carbons (Fsp3) is 0.444. The van der Waals surface area contributed by atoms with Crippen molar-refractivity contribution in [2.24, 2.45) is 0 Å². The molecule has 0 aliphatic heterocycles. The molecule has 3 aromatic rings.